The average Bonchev–Trinajstić information content (AvgIpc) is 3.44. The maximum absolute atomic E-state index is 13.1. The molecule has 6 heteroatoms. The molecule has 5 fully saturated rings. The van der Waals surface area contributed by atoms with Crippen LogP contribution in [0.5, 0.6) is 0 Å². The van der Waals surface area contributed by atoms with E-state index in [-0.39, 0.29) is 5.91 Å². The summed E-state index contributed by atoms with van der Waals surface area (Å²) < 4.78 is 1.66. The van der Waals surface area contributed by atoms with E-state index >= 15 is 0 Å². The first-order valence-corrected chi connectivity index (χ1v) is 10.8. The zero-order valence-corrected chi connectivity index (χ0v) is 16.2. The molecule has 0 saturated heterocycles. The minimum Gasteiger partial charge on any atom is -0.351 e. The molecule has 6 nitrogen and oxygen atoms in total. The van der Waals surface area contributed by atoms with Crippen LogP contribution in [0, 0.1) is 23.2 Å². The Balaban J connectivity index is 1.22. The lowest BCUT2D eigenvalue weighted by Crippen LogP contribution is -2.51. The predicted molar refractivity (Wildman–Crippen MR) is 104 cm³/mol. The van der Waals surface area contributed by atoms with Gasteiger partial charge in [0.2, 0.25) is 5.95 Å². The molecule has 5 aliphatic rings. The van der Waals surface area contributed by atoms with Gasteiger partial charge in [-0.05, 0) is 80.6 Å². The van der Waals surface area contributed by atoms with Gasteiger partial charge in [0, 0.05) is 31.1 Å². The fraction of sp³-hybridized carbons (Fsp3) is 0.636. The second-order valence-corrected chi connectivity index (χ2v) is 9.80. The molecule has 0 atom stereocenters. The maximum Gasteiger partial charge on any atom is 0.254 e. The molecule has 7 rings (SSSR count). The van der Waals surface area contributed by atoms with Crippen molar-refractivity contribution in [1.82, 2.24) is 25.1 Å². The molecule has 0 radical (unpaired) electrons. The highest BCUT2D eigenvalue weighted by atomic mass is 16.1. The van der Waals surface area contributed by atoms with Gasteiger partial charge in [0.25, 0.3) is 5.91 Å². The Labute approximate surface area is 165 Å². The van der Waals surface area contributed by atoms with Crippen LogP contribution in [0.2, 0.25) is 0 Å². The van der Waals surface area contributed by atoms with Crippen LogP contribution < -0.4 is 5.32 Å². The minimum atomic E-state index is 0.0276. The number of carbonyl (C=O) groups excluding carboxylic acids is 1. The summed E-state index contributed by atoms with van der Waals surface area (Å²) in [6.07, 6.45) is 15.7. The quantitative estimate of drug-likeness (QED) is 0.866. The fourth-order valence-electron chi connectivity index (χ4n) is 6.60. The van der Waals surface area contributed by atoms with Crippen LogP contribution in [0.3, 0.4) is 0 Å². The summed E-state index contributed by atoms with van der Waals surface area (Å²) in [6, 6.07) is 1.79. The summed E-state index contributed by atoms with van der Waals surface area (Å²) in [5, 5.41) is 7.98. The highest BCUT2D eigenvalue weighted by Gasteiger charge is 2.50. The monoisotopic (exact) mass is 377 g/mol. The van der Waals surface area contributed by atoms with Gasteiger partial charge >= 0.3 is 0 Å². The molecule has 1 amide bonds. The fourth-order valence-corrected chi connectivity index (χ4v) is 6.60. The van der Waals surface area contributed by atoms with Crippen molar-refractivity contribution in [1.29, 1.82) is 0 Å². The van der Waals surface area contributed by atoms with Crippen LogP contribution in [0.15, 0.2) is 24.7 Å². The van der Waals surface area contributed by atoms with E-state index in [0.29, 0.717) is 22.8 Å². The lowest BCUT2D eigenvalue weighted by Gasteiger charge is -2.56. The molecule has 28 heavy (non-hydrogen) atoms. The number of amides is 1. The van der Waals surface area contributed by atoms with Gasteiger partial charge in [-0.1, -0.05) is 0 Å². The summed E-state index contributed by atoms with van der Waals surface area (Å²) >= 11 is 0. The van der Waals surface area contributed by atoms with Crippen molar-refractivity contribution >= 4 is 5.91 Å². The molecule has 0 aromatic carbocycles. The van der Waals surface area contributed by atoms with Gasteiger partial charge in [0.15, 0.2) is 0 Å². The summed E-state index contributed by atoms with van der Waals surface area (Å²) in [7, 11) is 0. The van der Waals surface area contributed by atoms with Crippen molar-refractivity contribution in [3.05, 3.63) is 35.9 Å². The second-order valence-electron chi connectivity index (χ2n) is 9.80. The largest absolute Gasteiger partial charge is 0.351 e. The van der Waals surface area contributed by atoms with Crippen molar-refractivity contribution in [2.24, 2.45) is 23.2 Å². The van der Waals surface area contributed by atoms with Crippen LogP contribution in [0.1, 0.15) is 73.3 Å². The summed E-state index contributed by atoms with van der Waals surface area (Å²) in [5.74, 6) is 3.67. The zero-order chi connectivity index (χ0) is 18.7. The first-order chi connectivity index (χ1) is 13.7. The Bertz CT molecular complexity index is 866. The molecule has 146 valence electrons. The van der Waals surface area contributed by atoms with E-state index < -0.39 is 0 Å². The number of rotatable bonds is 5. The Kier molecular flexibility index (Phi) is 3.65. The Morgan fingerprint density at radius 2 is 1.71 bits per heavy atom. The molecular weight excluding hydrogens is 350 g/mol. The molecule has 2 heterocycles. The van der Waals surface area contributed by atoms with E-state index in [9.17, 15) is 4.79 Å². The van der Waals surface area contributed by atoms with Gasteiger partial charge in [0.1, 0.15) is 0 Å². The van der Waals surface area contributed by atoms with Gasteiger partial charge in [-0.2, -0.15) is 5.10 Å². The summed E-state index contributed by atoms with van der Waals surface area (Å²) in [5.41, 5.74) is 1.97. The van der Waals surface area contributed by atoms with Crippen LogP contribution >= 0.6 is 0 Å². The molecule has 2 aromatic rings. The van der Waals surface area contributed by atoms with E-state index in [1.54, 1.807) is 23.1 Å². The van der Waals surface area contributed by atoms with Crippen LogP contribution in [-0.4, -0.2) is 32.2 Å². The first kappa shape index (κ1) is 16.7. The molecule has 5 aliphatic carbocycles. The van der Waals surface area contributed by atoms with E-state index in [4.69, 9.17) is 0 Å². The van der Waals surface area contributed by atoms with Crippen LogP contribution in [-0.2, 0) is 0 Å². The first-order valence-electron chi connectivity index (χ1n) is 10.8. The average molecular weight is 377 g/mol. The molecule has 2 aromatic heterocycles. The van der Waals surface area contributed by atoms with Crippen LogP contribution in [0.25, 0.3) is 5.95 Å². The van der Waals surface area contributed by atoms with Crippen LogP contribution in [0.4, 0.5) is 0 Å². The van der Waals surface area contributed by atoms with Gasteiger partial charge in [-0.3, -0.25) is 4.79 Å². The third-order valence-electron chi connectivity index (χ3n) is 7.50. The second kappa shape index (κ2) is 6.13. The molecule has 0 unspecified atom stereocenters. The molecule has 1 N–H and O–H groups in total. The Morgan fingerprint density at radius 3 is 2.32 bits per heavy atom. The number of nitrogens with one attached hydrogen (secondary N) is 1. The highest BCUT2D eigenvalue weighted by molar-refractivity contribution is 5.95. The number of aromatic nitrogens is 4. The number of hydrogen-bond donors (Lipinski definition) is 1. The maximum atomic E-state index is 13.1. The van der Waals surface area contributed by atoms with E-state index in [1.807, 2.05) is 6.20 Å². The van der Waals surface area contributed by atoms with E-state index in [1.165, 1.54) is 38.5 Å². The SMILES string of the molecule is O=C(NCC12CC3CC(CC(C3)C1)C2)c1cn(-c2ncccn2)nc1C1CC1. The van der Waals surface area contributed by atoms with Crippen molar-refractivity contribution < 1.29 is 4.79 Å². The third kappa shape index (κ3) is 2.85. The van der Waals surface area contributed by atoms with E-state index in [2.05, 4.69) is 20.4 Å². The van der Waals surface area contributed by atoms with Gasteiger partial charge in [-0.15, -0.1) is 0 Å². The van der Waals surface area contributed by atoms with Gasteiger partial charge in [0.05, 0.1) is 11.3 Å². The number of nitrogens with zero attached hydrogens (tertiary/aromatic N) is 4. The van der Waals surface area contributed by atoms with Crippen molar-refractivity contribution in [3.8, 4) is 5.95 Å². The topological polar surface area (TPSA) is 72.7 Å². The third-order valence-corrected chi connectivity index (χ3v) is 7.50. The summed E-state index contributed by atoms with van der Waals surface area (Å²) in [6.45, 7) is 0.826. The minimum absolute atomic E-state index is 0.0276. The van der Waals surface area contributed by atoms with Gasteiger partial charge in [-0.25, -0.2) is 14.6 Å². The van der Waals surface area contributed by atoms with Gasteiger partial charge < -0.3 is 5.32 Å². The molecular formula is C22H27N5O. The molecule has 0 spiro atoms. The van der Waals surface area contributed by atoms with Crippen molar-refractivity contribution in [2.75, 3.05) is 6.54 Å². The van der Waals surface area contributed by atoms with Crippen molar-refractivity contribution in [3.63, 3.8) is 0 Å². The molecule has 4 bridgehead atoms. The summed E-state index contributed by atoms with van der Waals surface area (Å²) in [4.78, 5) is 21.7. The smallest absolute Gasteiger partial charge is 0.254 e. The Morgan fingerprint density at radius 1 is 1.07 bits per heavy atom. The van der Waals surface area contributed by atoms with Crippen molar-refractivity contribution in [2.45, 2.75) is 57.3 Å². The lowest BCUT2D eigenvalue weighted by atomic mass is 9.49. The standard InChI is InChI=1S/C22H27N5O/c28-20(25-13-22-9-14-6-15(10-22)8-16(7-14)11-22)18-12-27(21-23-4-1-5-24-21)26-19(18)17-2-3-17/h1,4-5,12,14-17H,2-3,6-11,13H2,(H,25,28). The lowest BCUT2D eigenvalue weighted by molar-refractivity contribution is -0.0503. The molecule has 0 aliphatic heterocycles. The highest BCUT2D eigenvalue weighted by Crippen LogP contribution is 2.59. The zero-order valence-electron chi connectivity index (χ0n) is 16.2. The number of hydrogen-bond acceptors (Lipinski definition) is 4. The normalized spacial score (nSPS) is 33.2. The predicted octanol–water partition coefficient (Wildman–Crippen LogP) is 3.49. The van der Waals surface area contributed by atoms with E-state index in [0.717, 1.165) is 42.8 Å². The number of carbonyl (C=O) groups is 1. The Hall–Kier alpha value is -2.24. The molecule has 5 saturated carbocycles.